The van der Waals surface area contributed by atoms with Gasteiger partial charge in [0, 0.05) is 48.3 Å². The number of hydrogen-bond donors (Lipinski definition) is 1. The number of rotatable bonds is 6. The summed E-state index contributed by atoms with van der Waals surface area (Å²) in [6, 6.07) is 23.4. The van der Waals surface area contributed by atoms with Gasteiger partial charge in [0.1, 0.15) is 11.5 Å². The molecule has 8 heteroatoms. The first-order chi connectivity index (χ1) is 18.3. The highest BCUT2D eigenvalue weighted by Gasteiger charge is 2.31. The van der Waals surface area contributed by atoms with Gasteiger partial charge in [-0.15, -0.1) is 0 Å². The Morgan fingerprint density at radius 1 is 0.921 bits per heavy atom. The summed E-state index contributed by atoms with van der Waals surface area (Å²) < 4.78 is 44.5. The first-order valence-corrected chi connectivity index (χ1v) is 12.3. The van der Waals surface area contributed by atoms with Crippen LogP contribution in [0.3, 0.4) is 0 Å². The van der Waals surface area contributed by atoms with Crippen LogP contribution in [0.1, 0.15) is 39.2 Å². The Labute approximate surface area is 217 Å². The molecular formula is C30H25F3N2O3. The van der Waals surface area contributed by atoms with Gasteiger partial charge in [0.2, 0.25) is 5.91 Å². The quantitative estimate of drug-likeness (QED) is 0.308. The number of hydrogen-bond acceptors (Lipinski definition) is 3. The molecule has 0 unspecified atom stereocenters. The van der Waals surface area contributed by atoms with Gasteiger partial charge in [-0.3, -0.25) is 9.59 Å². The van der Waals surface area contributed by atoms with Crippen LogP contribution in [0, 0.1) is 0 Å². The molecule has 0 fully saturated rings. The Morgan fingerprint density at radius 2 is 1.63 bits per heavy atom. The van der Waals surface area contributed by atoms with Gasteiger partial charge in [0.15, 0.2) is 0 Å². The fourth-order valence-corrected chi connectivity index (χ4v) is 4.48. The van der Waals surface area contributed by atoms with E-state index in [-0.39, 0.29) is 17.4 Å². The van der Waals surface area contributed by atoms with Crippen molar-refractivity contribution in [1.29, 1.82) is 0 Å². The normalized spacial score (nSPS) is 13.2. The number of halogens is 3. The van der Waals surface area contributed by atoms with Crippen molar-refractivity contribution in [3.8, 4) is 11.3 Å². The van der Waals surface area contributed by atoms with Crippen molar-refractivity contribution in [3.63, 3.8) is 0 Å². The van der Waals surface area contributed by atoms with Crippen molar-refractivity contribution in [2.24, 2.45) is 0 Å². The smallest absolute Gasteiger partial charge is 0.416 e. The van der Waals surface area contributed by atoms with E-state index in [0.29, 0.717) is 43.8 Å². The Kier molecular flexibility index (Phi) is 7.05. The van der Waals surface area contributed by atoms with E-state index in [1.54, 1.807) is 4.90 Å². The molecule has 0 saturated heterocycles. The minimum atomic E-state index is -4.44. The van der Waals surface area contributed by atoms with E-state index >= 15 is 0 Å². The highest BCUT2D eigenvalue weighted by Crippen LogP contribution is 2.32. The number of fused-ring (bicyclic) bond motifs is 1. The average Bonchev–Trinajstić information content (AvgIpc) is 3.36. The Bertz CT molecular complexity index is 1430. The lowest BCUT2D eigenvalue weighted by Crippen LogP contribution is -2.35. The van der Waals surface area contributed by atoms with Crippen molar-refractivity contribution in [3.05, 3.63) is 113 Å². The number of nitrogens with one attached hydrogen (secondary N) is 1. The zero-order valence-electron chi connectivity index (χ0n) is 20.4. The highest BCUT2D eigenvalue weighted by atomic mass is 19.4. The van der Waals surface area contributed by atoms with Gasteiger partial charge >= 0.3 is 6.18 Å². The molecule has 5 nitrogen and oxygen atoms in total. The van der Waals surface area contributed by atoms with Crippen LogP contribution in [-0.4, -0.2) is 23.3 Å². The largest absolute Gasteiger partial charge is 0.461 e. The third kappa shape index (κ3) is 5.80. The Morgan fingerprint density at radius 3 is 2.32 bits per heavy atom. The average molecular weight is 519 g/mol. The molecule has 0 radical (unpaired) electrons. The zero-order valence-corrected chi connectivity index (χ0v) is 20.4. The first kappa shape index (κ1) is 25.3. The molecule has 2 heterocycles. The number of aryl methyl sites for hydroxylation is 1. The van der Waals surface area contributed by atoms with E-state index in [4.69, 9.17) is 4.42 Å². The molecule has 0 aliphatic carbocycles. The van der Waals surface area contributed by atoms with Gasteiger partial charge in [-0.05, 0) is 66.6 Å². The molecule has 0 spiro atoms. The van der Waals surface area contributed by atoms with Crippen LogP contribution in [0.15, 0.2) is 89.3 Å². The van der Waals surface area contributed by atoms with E-state index in [1.807, 2.05) is 60.7 Å². The number of furan rings is 1. The second-order valence-electron chi connectivity index (χ2n) is 9.22. The van der Waals surface area contributed by atoms with Gasteiger partial charge in [0.05, 0.1) is 5.56 Å². The summed E-state index contributed by atoms with van der Waals surface area (Å²) in [5.74, 6) is 1.06. The number of amides is 2. The summed E-state index contributed by atoms with van der Waals surface area (Å²) in [6.45, 7) is 0.724. The maximum absolute atomic E-state index is 12.9. The lowest BCUT2D eigenvalue weighted by Gasteiger charge is -2.26. The summed E-state index contributed by atoms with van der Waals surface area (Å²) in [6.07, 6.45) is -2.88. The first-order valence-electron chi connectivity index (χ1n) is 12.3. The van der Waals surface area contributed by atoms with Gasteiger partial charge in [-0.25, -0.2) is 0 Å². The van der Waals surface area contributed by atoms with E-state index in [2.05, 4.69) is 5.32 Å². The Balaban J connectivity index is 1.20. The SMILES string of the molecule is O=C(CCc1ccccc1)Nc1ccc(-c2cc3c(o2)CCN(C(=O)c2ccc(C(F)(F)F)cc2)C3)cc1. The van der Waals surface area contributed by atoms with Gasteiger partial charge in [0.25, 0.3) is 5.91 Å². The Hall–Kier alpha value is -4.33. The van der Waals surface area contributed by atoms with Crippen LogP contribution in [-0.2, 0) is 30.4 Å². The van der Waals surface area contributed by atoms with E-state index < -0.39 is 11.7 Å². The maximum atomic E-state index is 12.9. The van der Waals surface area contributed by atoms with E-state index in [1.165, 1.54) is 12.1 Å². The molecule has 0 saturated carbocycles. The van der Waals surface area contributed by atoms with Crippen LogP contribution >= 0.6 is 0 Å². The highest BCUT2D eigenvalue weighted by molar-refractivity contribution is 5.94. The molecule has 0 atom stereocenters. The lowest BCUT2D eigenvalue weighted by molar-refractivity contribution is -0.137. The predicted molar refractivity (Wildman–Crippen MR) is 137 cm³/mol. The molecule has 5 rings (SSSR count). The zero-order chi connectivity index (χ0) is 26.7. The molecule has 3 aromatic carbocycles. The number of carbonyl (C=O) groups is 2. The van der Waals surface area contributed by atoms with Gasteiger partial charge in [-0.2, -0.15) is 13.2 Å². The lowest BCUT2D eigenvalue weighted by atomic mass is 10.1. The van der Waals surface area contributed by atoms with Crippen molar-refractivity contribution in [2.75, 3.05) is 11.9 Å². The monoisotopic (exact) mass is 518 g/mol. The molecule has 0 bridgehead atoms. The topological polar surface area (TPSA) is 62.6 Å². The number of carbonyl (C=O) groups excluding carboxylic acids is 2. The second-order valence-corrected chi connectivity index (χ2v) is 9.22. The van der Waals surface area contributed by atoms with Crippen LogP contribution in [0.25, 0.3) is 11.3 Å². The summed E-state index contributed by atoms with van der Waals surface area (Å²) in [5, 5.41) is 2.91. The standard InChI is InChI=1S/C30H25F3N2O3/c31-30(32,33)24-11-7-22(8-12-24)29(37)35-17-16-26-23(19-35)18-27(38-26)21-9-13-25(14-10-21)34-28(36)15-6-20-4-2-1-3-5-20/h1-5,7-14,18H,6,15-17,19H2,(H,34,36). The fraction of sp³-hybridized carbons (Fsp3) is 0.200. The molecule has 1 aliphatic heterocycles. The maximum Gasteiger partial charge on any atom is 0.416 e. The molecule has 194 valence electrons. The second kappa shape index (κ2) is 10.6. The minimum Gasteiger partial charge on any atom is -0.461 e. The van der Waals surface area contributed by atoms with E-state index in [9.17, 15) is 22.8 Å². The predicted octanol–water partition coefficient (Wildman–Crippen LogP) is 6.74. The third-order valence-electron chi connectivity index (χ3n) is 6.55. The molecule has 38 heavy (non-hydrogen) atoms. The van der Waals surface area contributed by atoms with Crippen LogP contribution in [0.5, 0.6) is 0 Å². The molecule has 1 N–H and O–H groups in total. The summed E-state index contributed by atoms with van der Waals surface area (Å²) >= 11 is 0. The summed E-state index contributed by atoms with van der Waals surface area (Å²) in [4.78, 5) is 26.8. The molecule has 1 aliphatic rings. The van der Waals surface area contributed by atoms with Crippen molar-refractivity contribution < 1.29 is 27.2 Å². The van der Waals surface area contributed by atoms with Gasteiger partial charge in [-0.1, -0.05) is 30.3 Å². The fourth-order valence-electron chi connectivity index (χ4n) is 4.48. The van der Waals surface area contributed by atoms with Crippen LogP contribution in [0.2, 0.25) is 0 Å². The summed E-state index contributed by atoms with van der Waals surface area (Å²) in [7, 11) is 0. The number of nitrogens with zero attached hydrogens (tertiary/aromatic N) is 1. The van der Waals surface area contributed by atoms with Crippen molar-refractivity contribution in [2.45, 2.75) is 32.0 Å². The van der Waals surface area contributed by atoms with Crippen molar-refractivity contribution in [1.82, 2.24) is 4.90 Å². The molecule has 1 aromatic heterocycles. The molecular weight excluding hydrogens is 493 g/mol. The van der Waals surface area contributed by atoms with Crippen LogP contribution < -0.4 is 5.32 Å². The minimum absolute atomic E-state index is 0.0622. The van der Waals surface area contributed by atoms with E-state index in [0.717, 1.165) is 34.6 Å². The number of alkyl halides is 3. The molecule has 4 aromatic rings. The third-order valence-corrected chi connectivity index (χ3v) is 6.55. The number of anilines is 1. The van der Waals surface area contributed by atoms with Crippen LogP contribution in [0.4, 0.5) is 18.9 Å². The van der Waals surface area contributed by atoms with Crippen molar-refractivity contribution >= 4 is 17.5 Å². The molecule has 2 amide bonds. The summed E-state index contributed by atoms with van der Waals surface area (Å²) in [5.41, 5.74) is 2.93. The van der Waals surface area contributed by atoms with Gasteiger partial charge < -0.3 is 14.6 Å². The number of benzene rings is 3.